The normalized spacial score (nSPS) is 10.8. The van der Waals surface area contributed by atoms with Gasteiger partial charge >= 0.3 is 0 Å². The Balaban J connectivity index is 1.59. The Morgan fingerprint density at radius 2 is 1.52 bits per heavy atom. The molecule has 1 N–H and O–H groups in total. The fourth-order valence-electron chi connectivity index (χ4n) is 2.19. The van der Waals surface area contributed by atoms with E-state index in [1.54, 1.807) is 18.3 Å². The van der Waals surface area contributed by atoms with E-state index in [0.29, 0.717) is 0 Å². The van der Waals surface area contributed by atoms with Crippen molar-refractivity contribution in [1.82, 2.24) is 4.98 Å². The minimum atomic E-state index is -0.216. The molecule has 1 heterocycles. The summed E-state index contributed by atoms with van der Waals surface area (Å²) in [6.45, 7) is 0.749. The van der Waals surface area contributed by atoms with Crippen molar-refractivity contribution in [2.45, 2.75) is 6.54 Å². The molecule has 0 aliphatic carbocycles. The van der Waals surface area contributed by atoms with Crippen LogP contribution in [0.5, 0.6) is 0 Å². The number of hydrogen-bond donors (Lipinski definition) is 1. The molecular formula is C20H17FN2. The Hall–Kier alpha value is -2.94. The first kappa shape index (κ1) is 15.0. The summed E-state index contributed by atoms with van der Waals surface area (Å²) in [6.07, 6.45) is 7.61. The molecule has 1 aromatic heterocycles. The highest BCUT2D eigenvalue weighted by Crippen LogP contribution is 2.14. The maximum Gasteiger partial charge on any atom is 0.123 e. The van der Waals surface area contributed by atoms with Crippen molar-refractivity contribution in [3.8, 4) is 0 Å². The average molecular weight is 304 g/mol. The van der Waals surface area contributed by atoms with Crippen molar-refractivity contribution in [2.75, 3.05) is 5.32 Å². The van der Waals surface area contributed by atoms with Crippen LogP contribution in [0.15, 0.2) is 73.1 Å². The van der Waals surface area contributed by atoms with Gasteiger partial charge in [-0.15, -0.1) is 0 Å². The molecule has 0 unspecified atom stereocenters. The number of nitrogens with one attached hydrogen (secondary N) is 1. The van der Waals surface area contributed by atoms with Crippen LogP contribution in [0.25, 0.3) is 12.2 Å². The molecule has 0 amide bonds. The molecule has 2 nitrogen and oxygen atoms in total. The van der Waals surface area contributed by atoms with Gasteiger partial charge in [0.1, 0.15) is 5.82 Å². The Labute approximate surface area is 135 Å². The number of nitrogens with zero attached hydrogens (tertiary/aromatic N) is 1. The van der Waals surface area contributed by atoms with Gasteiger partial charge in [0.2, 0.25) is 0 Å². The van der Waals surface area contributed by atoms with E-state index in [0.717, 1.165) is 28.9 Å². The van der Waals surface area contributed by atoms with Crippen LogP contribution in [0.2, 0.25) is 0 Å². The van der Waals surface area contributed by atoms with Crippen molar-refractivity contribution in [3.63, 3.8) is 0 Å². The van der Waals surface area contributed by atoms with E-state index < -0.39 is 0 Å². The predicted octanol–water partition coefficient (Wildman–Crippen LogP) is 5.00. The van der Waals surface area contributed by atoms with Gasteiger partial charge < -0.3 is 5.32 Å². The molecule has 23 heavy (non-hydrogen) atoms. The molecule has 114 valence electrons. The Morgan fingerprint density at radius 1 is 0.870 bits per heavy atom. The molecule has 0 aliphatic rings. The SMILES string of the molecule is Fc1ccc(/C=C/c2ccc(NCc3cccnc3)cc2)cc1. The largest absolute Gasteiger partial charge is 0.381 e. The minimum Gasteiger partial charge on any atom is -0.381 e. The molecule has 2 aromatic carbocycles. The number of anilines is 1. The summed E-state index contributed by atoms with van der Waals surface area (Å²) < 4.78 is 12.9. The van der Waals surface area contributed by atoms with E-state index in [1.807, 2.05) is 54.7 Å². The molecule has 3 rings (SSSR count). The molecule has 3 heteroatoms. The zero-order chi connectivity index (χ0) is 15.9. The highest BCUT2D eigenvalue weighted by Gasteiger charge is 1.95. The molecule has 0 atom stereocenters. The van der Waals surface area contributed by atoms with Crippen LogP contribution >= 0.6 is 0 Å². The van der Waals surface area contributed by atoms with E-state index in [4.69, 9.17) is 0 Å². The van der Waals surface area contributed by atoms with Crippen LogP contribution < -0.4 is 5.32 Å². The van der Waals surface area contributed by atoms with Crippen LogP contribution in [-0.4, -0.2) is 4.98 Å². The molecule has 3 aromatic rings. The monoisotopic (exact) mass is 304 g/mol. The first-order valence-electron chi connectivity index (χ1n) is 7.46. The third-order valence-corrected chi connectivity index (χ3v) is 3.47. The fraction of sp³-hybridized carbons (Fsp3) is 0.0500. The lowest BCUT2D eigenvalue weighted by Crippen LogP contribution is -1.99. The third kappa shape index (κ3) is 4.51. The number of aromatic nitrogens is 1. The maximum absolute atomic E-state index is 12.9. The van der Waals surface area contributed by atoms with Gasteiger partial charge in [-0.25, -0.2) is 4.39 Å². The minimum absolute atomic E-state index is 0.216. The summed E-state index contributed by atoms with van der Waals surface area (Å²) in [5.41, 5.74) is 4.28. The van der Waals surface area contributed by atoms with Gasteiger partial charge in [-0.1, -0.05) is 42.5 Å². The second-order valence-electron chi connectivity index (χ2n) is 5.22. The second kappa shape index (κ2) is 7.36. The van der Waals surface area contributed by atoms with E-state index in [9.17, 15) is 4.39 Å². The first-order valence-corrected chi connectivity index (χ1v) is 7.46. The highest BCUT2D eigenvalue weighted by atomic mass is 19.1. The number of rotatable bonds is 5. The van der Waals surface area contributed by atoms with Crippen molar-refractivity contribution >= 4 is 17.8 Å². The zero-order valence-electron chi connectivity index (χ0n) is 12.6. The van der Waals surface area contributed by atoms with E-state index >= 15 is 0 Å². The molecular weight excluding hydrogens is 287 g/mol. The molecule has 0 spiro atoms. The van der Waals surface area contributed by atoms with Gasteiger partial charge in [-0.2, -0.15) is 0 Å². The van der Waals surface area contributed by atoms with Crippen molar-refractivity contribution in [1.29, 1.82) is 0 Å². The number of pyridine rings is 1. The van der Waals surface area contributed by atoms with Crippen molar-refractivity contribution in [3.05, 3.63) is 95.6 Å². The van der Waals surface area contributed by atoms with Crippen molar-refractivity contribution < 1.29 is 4.39 Å². The Bertz CT molecular complexity index is 763. The lowest BCUT2D eigenvalue weighted by atomic mass is 10.1. The summed E-state index contributed by atoms with van der Waals surface area (Å²) in [5.74, 6) is -0.216. The van der Waals surface area contributed by atoms with Crippen molar-refractivity contribution in [2.24, 2.45) is 0 Å². The zero-order valence-corrected chi connectivity index (χ0v) is 12.6. The van der Waals surface area contributed by atoms with Gasteiger partial charge in [0.15, 0.2) is 0 Å². The van der Waals surface area contributed by atoms with E-state index in [-0.39, 0.29) is 5.82 Å². The average Bonchev–Trinajstić information content (AvgIpc) is 2.61. The third-order valence-electron chi connectivity index (χ3n) is 3.47. The summed E-state index contributed by atoms with van der Waals surface area (Å²) in [4.78, 5) is 4.10. The first-order chi connectivity index (χ1) is 11.3. The predicted molar refractivity (Wildman–Crippen MR) is 93.3 cm³/mol. The summed E-state index contributed by atoms with van der Waals surface area (Å²) in [6, 6.07) is 18.6. The Kier molecular flexibility index (Phi) is 4.79. The molecule has 0 bridgehead atoms. The number of benzene rings is 2. The van der Waals surface area contributed by atoms with Gasteiger partial charge in [-0.05, 0) is 47.0 Å². The Morgan fingerprint density at radius 3 is 2.13 bits per heavy atom. The van der Waals surface area contributed by atoms with Gasteiger partial charge in [0, 0.05) is 24.6 Å². The molecule has 0 saturated carbocycles. The maximum atomic E-state index is 12.9. The van der Waals surface area contributed by atoms with Crippen LogP contribution in [0.4, 0.5) is 10.1 Å². The van der Waals surface area contributed by atoms with Gasteiger partial charge in [0.05, 0.1) is 0 Å². The highest BCUT2D eigenvalue weighted by molar-refractivity contribution is 5.70. The molecule has 0 radical (unpaired) electrons. The van der Waals surface area contributed by atoms with E-state index in [1.165, 1.54) is 12.1 Å². The summed E-state index contributed by atoms with van der Waals surface area (Å²) in [7, 11) is 0. The number of halogens is 1. The van der Waals surface area contributed by atoms with Crippen LogP contribution in [0, 0.1) is 5.82 Å². The van der Waals surface area contributed by atoms with Crippen LogP contribution in [0.3, 0.4) is 0 Å². The molecule has 0 aliphatic heterocycles. The topological polar surface area (TPSA) is 24.9 Å². The van der Waals surface area contributed by atoms with Crippen LogP contribution in [0.1, 0.15) is 16.7 Å². The fourth-order valence-corrected chi connectivity index (χ4v) is 2.19. The molecule has 0 saturated heterocycles. The van der Waals surface area contributed by atoms with E-state index in [2.05, 4.69) is 10.3 Å². The summed E-state index contributed by atoms with van der Waals surface area (Å²) >= 11 is 0. The number of hydrogen-bond acceptors (Lipinski definition) is 2. The van der Waals surface area contributed by atoms with Gasteiger partial charge in [0.25, 0.3) is 0 Å². The van der Waals surface area contributed by atoms with Crippen LogP contribution in [-0.2, 0) is 6.54 Å². The lowest BCUT2D eigenvalue weighted by molar-refractivity contribution is 0.628. The smallest absolute Gasteiger partial charge is 0.123 e. The molecule has 0 fully saturated rings. The summed E-state index contributed by atoms with van der Waals surface area (Å²) in [5, 5.41) is 3.36. The second-order valence-corrected chi connectivity index (χ2v) is 5.22. The van der Waals surface area contributed by atoms with Gasteiger partial charge in [-0.3, -0.25) is 4.98 Å². The standard InChI is InChI=1S/C20H17FN2/c21-19-9-5-16(6-10-19)3-4-17-7-11-20(12-8-17)23-15-18-2-1-13-22-14-18/h1-14,23H,15H2/b4-3+. The lowest BCUT2D eigenvalue weighted by Gasteiger charge is -2.06. The quantitative estimate of drug-likeness (QED) is 0.671.